The van der Waals surface area contributed by atoms with Crippen molar-refractivity contribution in [1.29, 1.82) is 0 Å². The average Bonchev–Trinajstić information content (AvgIpc) is 2.42. The molecule has 21 heavy (non-hydrogen) atoms. The molecule has 0 aromatic heterocycles. The molecule has 0 aliphatic heterocycles. The molecule has 0 spiro atoms. The summed E-state index contributed by atoms with van der Waals surface area (Å²) in [5, 5.41) is 3.28. The Bertz CT molecular complexity index is 522. The molecule has 1 aliphatic rings. The average molecular weight is 314 g/mol. The number of likely N-dealkylation sites (N-methyl/N-ethyl adjacent to an activating group) is 1. The molecule has 6 heteroatoms. The molecule has 0 heterocycles. The molecular weight excluding hydrogens is 294 g/mol. The van der Waals surface area contributed by atoms with E-state index in [1.807, 2.05) is 6.92 Å². The van der Waals surface area contributed by atoms with Gasteiger partial charge < -0.3 is 11.1 Å². The highest BCUT2D eigenvalue weighted by atomic mass is 32.2. The predicted octanol–water partition coefficient (Wildman–Crippen LogP) is 2.83. The second-order valence-electron chi connectivity index (χ2n) is 5.39. The van der Waals surface area contributed by atoms with Crippen LogP contribution >= 0.6 is 11.8 Å². The number of carbonyl (C=O) groups is 1. The highest BCUT2D eigenvalue weighted by Gasteiger charge is 2.41. The highest BCUT2D eigenvalue weighted by molar-refractivity contribution is 8.00. The highest BCUT2D eigenvalue weighted by Crippen LogP contribution is 2.39. The topological polar surface area (TPSA) is 55.1 Å². The van der Waals surface area contributed by atoms with Crippen molar-refractivity contribution < 1.29 is 13.6 Å². The van der Waals surface area contributed by atoms with Crippen molar-refractivity contribution in [2.45, 2.75) is 48.3 Å². The molecule has 3 N–H and O–H groups in total. The number of halogens is 2. The summed E-state index contributed by atoms with van der Waals surface area (Å²) in [6.45, 7) is 2.59. The van der Waals surface area contributed by atoms with E-state index in [-0.39, 0.29) is 11.2 Å². The normalized spacial score (nSPS) is 25.8. The van der Waals surface area contributed by atoms with Crippen molar-refractivity contribution in [2.24, 2.45) is 5.73 Å². The van der Waals surface area contributed by atoms with Gasteiger partial charge in [0, 0.05) is 16.2 Å². The molecule has 1 aliphatic carbocycles. The molecule has 1 aromatic carbocycles. The molecule has 0 radical (unpaired) electrons. The molecule has 1 saturated carbocycles. The van der Waals surface area contributed by atoms with Gasteiger partial charge in [0.25, 0.3) is 0 Å². The Labute approximate surface area is 127 Å². The number of benzene rings is 1. The largest absolute Gasteiger partial charge is 0.368 e. The van der Waals surface area contributed by atoms with Gasteiger partial charge in [0.1, 0.15) is 11.6 Å². The summed E-state index contributed by atoms with van der Waals surface area (Å²) in [6.07, 6.45) is 3.02. The SMILES string of the molecule is CCNC1(C(N)=O)CCCC(Sc2ccc(F)cc2F)C1. The van der Waals surface area contributed by atoms with Gasteiger partial charge in [0.2, 0.25) is 5.91 Å². The zero-order chi connectivity index (χ0) is 15.5. The van der Waals surface area contributed by atoms with E-state index in [1.165, 1.54) is 23.9 Å². The number of hydrogen-bond acceptors (Lipinski definition) is 3. The quantitative estimate of drug-likeness (QED) is 0.879. The lowest BCUT2D eigenvalue weighted by Crippen LogP contribution is -2.58. The van der Waals surface area contributed by atoms with Crippen molar-refractivity contribution >= 4 is 17.7 Å². The minimum Gasteiger partial charge on any atom is -0.368 e. The van der Waals surface area contributed by atoms with Gasteiger partial charge in [-0.3, -0.25) is 4.79 Å². The Morgan fingerprint density at radius 3 is 2.90 bits per heavy atom. The molecular formula is C15H20F2N2OS. The lowest BCUT2D eigenvalue weighted by molar-refractivity contribution is -0.125. The molecule has 0 bridgehead atoms. The van der Waals surface area contributed by atoms with Crippen LogP contribution in [0.15, 0.2) is 23.1 Å². The van der Waals surface area contributed by atoms with Crippen LogP contribution in [0.5, 0.6) is 0 Å². The molecule has 2 rings (SSSR count). The zero-order valence-electron chi connectivity index (χ0n) is 12.0. The number of carbonyl (C=O) groups excluding carboxylic acids is 1. The Kier molecular flexibility index (Phi) is 5.22. The summed E-state index contributed by atoms with van der Waals surface area (Å²) in [5.74, 6) is -1.49. The lowest BCUT2D eigenvalue weighted by Gasteiger charge is -2.39. The maximum absolute atomic E-state index is 13.7. The third-order valence-corrected chi connectivity index (χ3v) is 5.20. The monoisotopic (exact) mass is 314 g/mol. The number of hydrogen-bond donors (Lipinski definition) is 2. The minimum atomic E-state index is -0.707. The third kappa shape index (κ3) is 3.74. The van der Waals surface area contributed by atoms with Gasteiger partial charge in [-0.2, -0.15) is 0 Å². The molecule has 2 unspecified atom stereocenters. The Morgan fingerprint density at radius 1 is 1.52 bits per heavy atom. The van der Waals surface area contributed by atoms with Gasteiger partial charge in [-0.25, -0.2) is 8.78 Å². The number of rotatable bonds is 5. The van der Waals surface area contributed by atoms with E-state index in [1.54, 1.807) is 0 Å². The molecule has 2 atom stereocenters. The van der Waals surface area contributed by atoms with Gasteiger partial charge in [0.05, 0.1) is 5.54 Å². The summed E-state index contributed by atoms with van der Waals surface area (Å²) < 4.78 is 26.7. The van der Waals surface area contributed by atoms with Gasteiger partial charge in [-0.05, 0) is 44.4 Å². The second kappa shape index (κ2) is 6.75. The van der Waals surface area contributed by atoms with E-state index in [2.05, 4.69) is 5.32 Å². The van der Waals surface area contributed by atoms with Gasteiger partial charge >= 0.3 is 0 Å². The van der Waals surface area contributed by atoms with Crippen molar-refractivity contribution in [1.82, 2.24) is 5.32 Å². The van der Waals surface area contributed by atoms with E-state index in [0.29, 0.717) is 24.3 Å². The smallest absolute Gasteiger partial charge is 0.237 e. The first-order valence-corrected chi connectivity index (χ1v) is 8.01. The third-order valence-electron chi connectivity index (χ3n) is 3.88. The number of thioether (sulfide) groups is 1. The molecule has 1 amide bonds. The van der Waals surface area contributed by atoms with Crippen LogP contribution in [0, 0.1) is 11.6 Å². The first kappa shape index (κ1) is 16.2. The van der Waals surface area contributed by atoms with Gasteiger partial charge in [0.15, 0.2) is 0 Å². The summed E-state index contributed by atoms with van der Waals surface area (Å²) in [4.78, 5) is 12.2. The van der Waals surface area contributed by atoms with Crippen molar-refractivity contribution in [3.8, 4) is 0 Å². The number of nitrogens with two attached hydrogens (primary N) is 1. The fourth-order valence-corrected chi connectivity index (χ4v) is 4.21. The summed E-state index contributed by atoms with van der Waals surface area (Å²) >= 11 is 1.36. The van der Waals surface area contributed by atoms with E-state index >= 15 is 0 Å². The van der Waals surface area contributed by atoms with E-state index < -0.39 is 17.2 Å². The first-order chi connectivity index (χ1) is 9.97. The molecule has 1 aromatic rings. The van der Waals surface area contributed by atoms with Crippen LogP contribution in [0.1, 0.15) is 32.6 Å². The van der Waals surface area contributed by atoms with Crippen LogP contribution < -0.4 is 11.1 Å². The van der Waals surface area contributed by atoms with Crippen LogP contribution in [-0.4, -0.2) is 23.2 Å². The van der Waals surface area contributed by atoms with Gasteiger partial charge in [-0.1, -0.05) is 6.92 Å². The summed E-state index contributed by atoms with van der Waals surface area (Å²) in [7, 11) is 0. The lowest BCUT2D eigenvalue weighted by atomic mass is 9.80. The zero-order valence-corrected chi connectivity index (χ0v) is 12.8. The van der Waals surface area contributed by atoms with Crippen LogP contribution in [0.4, 0.5) is 8.78 Å². The number of nitrogens with one attached hydrogen (secondary N) is 1. The number of primary amides is 1. The van der Waals surface area contributed by atoms with Crippen LogP contribution in [-0.2, 0) is 4.79 Å². The molecule has 116 valence electrons. The van der Waals surface area contributed by atoms with Gasteiger partial charge in [-0.15, -0.1) is 11.8 Å². The molecule has 1 fully saturated rings. The van der Waals surface area contributed by atoms with Crippen LogP contribution in [0.2, 0.25) is 0 Å². The first-order valence-electron chi connectivity index (χ1n) is 7.13. The number of amides is 1. The standard InChI is InChI=1S/C15H20F2N2OS/c1-2-19-15(14(18)20)7-3-4-11(9-15)21-13-6-5-10(16)8-12(13)17/h5-6,8,11,19H,2-4,7,9H2,1H3,(H2,18,20). The van der Waals surface area contributed by atoms with Crippen molar-refractivity contribution in [2.75, 3.05) is 6.54 Å². The maximum atomic E-state index is 13.7. The predicted molar refractivity (Wildman–Crippen MR) is 80.1 cm³/mol. The van der Waals surface area contributed by atoms with E-state index in [4.69, 9.17) is 5.73 Å². The molecule has 0 saturated heterocycles. The van der Waals surface area contributed by atoms with Crippen LogP contribution in [0.3, 0.4) is 0 Å². The fourth-order valence-electron chi connectivity index (χ4n) is 2.89. The van der Waals surface area contributed by atoms with Crippen LogP contribution in [0.25, 0.3) is 0 Å². The fraction of sp³-hybridized carbons (Fsp3) is 0.533. The Balaban J connectivity index is 2.12. The van der Waals surface area contributed by atoms with Crippen molar-refractivity contribution in [3.63, 3.8) is 0 Å². The Hall–Kier alpha value is -1.14. The second-order valence-corrected chi connectivity index (χ2v) is 6.73. The maximum Gasteiger partial charge on any atom is 0.237 e. The van der Waals surface area contributed by atoms with Crippen molar-refractivity contribution in [3.05, 3.63) is 29.8 Å². The van der Waals surface area contributed by atoms with E-state index in [0.717, 1.165) is 18.9 Å². The van der Waals surface area contributed by atoms with E-state index in [9.17, 15) is 13.6 Å². The summed E-state index contributed by atoms with van der Waals surface area (Å²) in [5.41, 5.74) is 4.85. The Morgan fingerprint density at radius 2 is 2.29 bits per heavy atom. The molecule has 3 nitrogen and oxygen atoms in total. The summed E-state index contributed by atoms with van der Waals surface area (Å²) in [6, 6.07) is 3.58. The minimum absolute atomic E-state index is 0.0882.